The van der Waals surface area contributed by atoms with Crippen molar-refractivity contribution in [2.75, 3.05) is 52.5 Å². The molecule has 2 heterocycles. The molecule has 0 radical (unpaired) electrons. The molecule has 1 unspecified atom stereocenters. The van der Waals surface area contributed by atoms with Crippen molar-refractivity contribution < 1.29 is 17.9 Å². The van der Waals surface area contributed by atoms with Crippen molar-refractivity contribution in [2.45, 2.75) is 44.1 Å². The number of carbonyl (C=O) groups is 1. The Labute approximate surface area is 291 Å². The average Bonchev–Trinajstić information content (AvgIpc) is 3.55. The molecule has 2 aliphatic heterocycles. The number of carbonyl (C=O) groups excluding carboxylic acids is 1. The standard InChI is InChI=1S/C39H49N5O4S/c1-30(36-14-7-12-33-9-5-6-13-37(33)36)41-39(45)44(21-8-20-42-23-25-48-26-24-42)28-32-17-15-31(16-18-32)27-43-22-19-35(29-43)38(49(40,46)47)34-10-3-2-4-11-34/h2-7,9-18,30,35,38H,8,19-29H2,1H3,(H,41,45)(H2,40,46,47)/t30-,35-,38?/m0/s1. The third-order valence-electron chi connectivity index (χ3n) is 9.94. The molecule has 4 aromatic rings. The van der Waals surface area contributed by atoms with Crippen molar-refractivity contribution in [2.24, 2.45) is 11.1 Å². The lowest BCUT2D eigenvalue weighted by Crippen LogP contribution is -2.43. The highest BCUT2D eigenvalue weighted by Gasteiger charge is 2.37. The van der Waals surface area contributed by atoms with Crippen LogP contribution in [0.15, 0.2) is 97.1 Å². The summed E-state index contributed by atoms with van der Waals surface area (Å²) in [7, 11) is -3.74. The van der Waals surface area contributed by atoms with Gasteiger partial charge in [-0.1, -0.05) is 97.1 Å². The summed E-state index contributed by atoms with van der Waals surface area (Å²) in [6, 6.07) is 32.1. The second-order valence-corrected chi connectivity index (χ2v) is 15.2. The number of nitrogens with zero attached hydrogens (tertiary/aromatic N) is 3. The van der Waals surface area contributed by atoms with Crippen LogP contribution in [0.4, 0.5) is 4.79 Å². The van der Waals surface area contributed by atoms with Crippen molar-refractivity contribution >= 4 is 26.8 Å². The van der Waals surface area contributed by atoms with E-state index in [1.807, 2.05) is 60.4 Å². The minimum absolute atomic E-state index is 0.0579. The minimum Gasteiger partial charge on any atom is -0.379 e. The highest BCUT2D eigenvalue weighted by atomic mass is 32.2. The van der Waals surface area contributed by atoms with Gasteiger partial charge in [0.15, 0.2) is 0 Å². The Morgan fingerprint density at radius 3 is 2.35 bits per heavy atom. The van der Waals surface area contributed by atoms with Gasteiger partial charge in [-0.15, -0.1) is 0 Å². The minimum atomic E-state index is -3.74. The van der Waals surface area contributed by atoms with Crippen LogP contribution in [0, 0.1) is 5.92 Å². The van der Waals surface area contributed by atoms with Gasteiger partial charge < -0.3 is 15.0 Å². The third-order valence-corrected chi connectivity index (χ3v) is 11.3. The van der Waals surface area contributed by atoms with Crippen molar-refractivity contribution in [3.8, 4) is 0 Å². The maximum absolute atomic E-state index is 13.8. The molecule has 3 atom stereocenters. The zero-order valence-electron chi connectivity index (χ0n) is 28.4. The number of primary sulfonamides is 1. The molecule has 9 nitrogen and oxygen atoms in total. The summed E-state index contributed by atoms with van der Waals surface area (Å²) in [5.74, 6) is -0.0579. The number of fused-ring (bicyclic) bond motifs is 1. The van der Waals surface area contributed by atoms with E-state index in [2.05, 4.69) is 63.6 Å². The number of hydrogen-bond acceptors (Lipinski definition) is 6. The van der Waals surface area contributed by atoms with E-state index in [9.17, 15) is 13.2 Å². The first kappa shape index (κ1) is 35.0. The summed E-state index contributed by atoms with van der Waals surface area (Å²) in [5.41, 5.74) is 4.09. The first-order valence-corrected chi connectivity index (χ1v) is 19.1. The Kier molecular flexibility index (Phi) is 11.6. The Hall–Kier alpha value is -3.80. The number of ether oxygens (including phenoxy) is 1. The van der Waals surface area contributed by atoms with Crippen molar-refractivity contribution in [3.63, 3.8) is 0 Å². The van der Waals surface area contributed by atoms with Crippen molar-refractivity contribution in [1.82, 2.24) is 20.0 Å². The van der Waals surface area contributed by atoms with Crippen LogP contribution in [0.5, 0.6) is 0 Å². The molecule has 0 saturated carbocycles. The van der Waals surface area contributed by atoms with Gasteiger partial charge in [-0.3, -0.25) is 9.80 Å². The number of morpholine rings is 1. The number of amides is 2. The third kappa shape index (κ3) is 9.26. The second-order valence-electron chi connectivity index (χ2n) is 13.5. The number of benzene rings is 4. The van der Waals surface area contributed by atoms with Gasteiger partial charge in [0.2, 0.25) is 10.0 Å². The van der Waals surface area contributed by atoms with Crippen LogP contribution in [0.1, 0.15) is 53.3 Å². The maximum atomic E-state index is 13.8. The molecule has 0 aliphatic carbocycles. The van der Waals surface area contributed by atoms with Gasteiger partial charge in [0.25, 0.3) is 0 Å². The Morgan fingerprint density at radius 2 is 1.59 bits per heavy atom. The molecule has 2 saturated heterocycles. The molecule has 0 aromatic heterocycles. The van der Waals surface area contributed by atoms with Gasteiger partial charge >= 0.3 is 6.03 Å². The van der Waals surface area contributed by atoms with Crippen molar-refractivity contribution in [1.29, 1.82) is 0 Å². The van der Waals surface area contributed by atoms with Crippen LogP contribution in [0.3, 0.4) is 0 Å². The number of sulfonamides is 1. The molecular weight excluding hydrogens is 635 g/mol. The Balaban J connectivity index is 1.09. The SMILES string of the molecule is C[C@H](NC(=O)N(CCCN1CCOCC1)Cc1ccc(CN2CC[C@H](C(c3ccccc3)S(N)(=O)=O)C2)cc1)c1cccc2ccccc12. The van der Waals surface area contributed by atoms with Gasteiger partial charge in [0.05, 0.1) is 19.3 Å². The molecule has 3 N–H and O–H groups in total. The average molecular weight is 684 g/mol. The van der Waals surface area contributed by atoms with E-state index in [0.717, 1.165) is 91.8 Å². The summed E-state index contributed by atoms with van der Waals surface area (Å²) in [6.07, 6.45) is 1.66. The van der Waals surface area contributed by atoms with Gasteiger partial charge in [-0.05, 0) is 65.3 Å². The first-order chi connectivity index (χ1) is 23.7. The molecule has 2 amide bonds. The predicted molar refractivity (Wildman–Crippen MR) is 195 cm³/mol. The first-order valence-electron chi connectivity index (χ1n) is 17.4. The molecule has 4 aromatic carbocycles. The zero-order valence-corrected chi connectivity index (χ0v) is 29.2. The van der Waals surface area contributed by atoms with Crippen LogP contribution in [0.2, 0.25) is 0 Å². The van der Waals surface area contributed by atoms with E-state index < -0.39 is 15.3 Å². The van der Waals surface area contributed by atoms with E-state index >= 15 is 0 Å². The molecule has 0 bridgehead atoms. The normalized spacial score (nSPS) is 18.7. The highest BCUT2D eigenvalue weighted by molar-refractivity contribution is 7.89. The lowest BCUT2D eigenvalue weighted by molar-refractivity contribution is 0.0364. The van der Waals surface area contributed by atoms with Gasteiger partial charge in [0, 0.05) is 45.8 Å². The molecule has 2 fully saturated rings. The quantitative estimate of drug-likeness (QED) is 0.188. The summed E-state index contributed by atoms with van der Waals surface area (Å²) in [5, 5.41) is 10.6. The van der Waals surface area contributed by atoms with E-state index in [1.165, 1.54) is 0 Å². The predicted octanol–water partition coefficient (Wildman–Crippen LogP) is 5.69. The zero-order chi connectivity index (χ0) is 34.2. The van der Waals surface area contributed by atoms with Crippen molar-refractivity contribution in [3.05, 3.63) is 119 Å². The molecule has 0 spiro atoms. The molecular formula is C39H49N5O4S. The fourth-order valence-electron chi connectivity index (χ4n) is 7.40. The second kappa shape index (κ2) is 16.3. The lowest BCUT2D eigenvalue weighted by atomic mass is 9.98. The topological polar surface area (TPSA) is 108 Å². The highest BCUT2D eigenvalue weighted by Crippen LogP contribution is 2.35. The summed E-state index contributed by atoms with van der Waals surface area (Å²) in [4.78, 5) is 20.5. The molecule has 6 rings (SSSR count). The summed E-state index contributed by atoms with van der Waals surface area (Å²) >= 11 is 0. The Morgan fingerprint density at radius 1 is 0.898 bits per heavy atom. The van der Waals surface area contributed by atoms with Crippen LogP contribution < -0.4 is 10.5 Å². The molecule has 2 aliphatic rings. The van der Waals surface area contributed by atoms with Gasteiger partial charge in [0.1, 0.15) is 5.25 Å². The number of urea groups is 1. The fraction of sp³-hybridized carbons (Fsp3) is 0.410. The maximum Gasteiger partial charge on any atom is 0.318 e. The van der Waals surface area contributed by atoms with Crippen LogP contribution in [-0.4, -0.2) is 81.6 Å². The van der Waals surface area contributed by atoms with E-state index in [0.29, 0.717) is 19.6 Å². The molecule has 10 heteroatoms. The molecule has 260 valence electrons. The summed E-state index contributed by atoms with van der Waals surface area (Å²) < 4.78 is 30.7. The number of nitrogens with one attached hydrogen (secondary N) is 1. The number of hydrogen-bond donors (Lipinski definition) is 2. The molecule has 49 heavy (non-hydrogen) atoms. The van der Waals surface area contributed by atoms with E-state index in [-0.39, 0.29) is 18.0 Å². The number of rotatable bonds is 13. The largest absolute Gasteiger partial charge is 0.379 e. The number of nitrogens with two attached hydrogens (primary N) is 1. The van der Waals surface area contributed by atoms with Gasteiger partial charge in [-0.2, -0.15) is 0 Å². The number of likely N-dealkylation sites (tertiary alicyclic amines) is 1. The monoisotopic (exact) mass is 683 g/mol. The fourth-order valence-corrected chi connectivity index (χ4v) is 8.69. The van der Waals surface area contributed by atoms with Crippen LogP contribution in [-0.2, 0) is 27.8 Å². The van der Waals surface area contributed by atoms with Crippen LogP contribution >= 0.6 is 0 Å². The summed E-state index contributed by atoms with van der Waals surface area (Å²) in [6.45, 7) is 9.74. The van der Waals surface area contributed by atoms with E-state index in [1.54, 1.807) is 0 Å². The van der Waals surface area contributed by atoms with E-state index in [4.69, 9.17) is 9.88 Å². The lowest BCUT2D eigenvalue weighted by Gasteiger charge is -2.29. The van der Waals surface area contributed by atoms with Gasteiger partial charge in [-0.25, -0.2) is 18.4 Å². The smallest absolute Gasteiger partial charge is 0.318 e. The Bertz CT molecular complexity index is 1780. The van der Waals surface area contributed by atoms with Crippen LogP contribution in [0.25, 0.3) is 10.8 Å².